The van der Waals surface area contributed by atoms with Crippen molar-refractivity contribution in [2.45, 2.75) is 0 Å². The minimum Gasteiger partial charge on any atom is -0.496 e. The first-order chi connectivity index (χ1) is 14.1. The molecule has 0 N–H and O–H groups in total. The monoisotopic (exact) mass is 406 g/mol. The molecule has 1 aliphatic rings. The molecule has 1 heterocycles. The van der Waals surface area contributed by atoms with E-state index < -0.39 is 0 Å². The highest BCUT2D eigenvalue weighted by Crippen LogP contribution is 2.31. The number of anilines is 1. The number of aliphatic imine (C=N–C) groups is 1. The maximum atomic E-state index is 13.4. The Kier molecular flexibility index (Phi) is 5.14. The summed E-state index contributed by atoms with van der Waals surface area (Å²) in [6, 6.07) is 20.2. The number of carbonyl (C=O) groups is 1. The zero-order chi connectivity index (χ0) is 20.4. The smallest absolute Gasteiger partial charge is 0.282 e. The van der Waals surface area contributed by atoms with Gasteiger partial charge < -0.3 is 4.74 Å². The highest BCUT2D eigenvalue weighted by molar-refractivity contribution is 6.39. The molecule has 0 bridgehead atoms. The summed E-state index contributed by atoms with van der Waals surface area (Å²) in [4.78, 5) is 19.3. The molecule has 3 aromatic carbocycles. The zero-order valence-electron chi connectivity index (χ0n) is 15.5. The molecule has 0 unspecified atom stereocenters. The zero-order valence-corrected chi connectivity index (χ0v) is 16.2. The van der Waals surface area contributed by atoms with Gasteiger partial charge in [0.2, 0.25) is 0 Å². The normalized spacial score (nSPS) is 15.0. The second-order valence-corrected chi connectivity index (χ2v) is 6.71. The number of para-hydroxylation sites is 1. The summed E-state index contributed by atoms with van der Waals surface area (Å²) in [6.07, 6.45) is 1.67. The van der Waals surface area contributed by atoms with Crippen molar-refractivity contribution in [2.24, 2.45) is 4.99 Å². The van der Waals surface area contributed by atoms with Crippen LogP contribution in [0, 0.1) is 5.82 Å². The van der Waals surface area contributed by atoms with Gasteiger partial charge in [-0.1, -0.05) is 41.9 Å². The van der Waals surface area contributed by atoms with Gasteiger partial charge in [0.05, 0.1) is 17.8 Å². The Morgan fingerprint density at radius 2 is 1.69 bits per heavy atom. The topological polar surface area (TPSA) is 41.9 Å². The molecule has 0 atom stereocenters. The number of benzene rings is 3. The predicted octanol–water partition coefficient (Wildman–Crippen LogP) is 5.32. The number of hydrogen-bond acceptors (Lipinski definition) is 3. The molecule has 0 saturated heterocycles. The Morgan fingerprint density at radius 3 is 2.41 bits per heavy atom. The highest BCUT2D eigenvalue weighted by Gasteiger charge is 2.33. The van der Waals surface area contributed by atoms with Gasteiger partial charge in [0.25, 0.3) is 5.91 Å². The van der Waals surface area contributed by atoms with Crippen molar-refractivity contribution in [1.29, 1.82) is 0 Å². The lowest BCUT2D eigenvalue weighted by molar-refractivity contribution is -0.113. The van der Waals surface area contributed by atoms with Crippen LogP contribution in [0.15, 0.2) is 83.5 Å². The number of amidine groups is 1. The second-order valence-electron chi connectivity index (χ2n) is 6.30. The maximum absolute atomic E-state index is 13.4. The van der Waals surface area contributed by atoms with Crippen LogP contribution in [0.1, 0.15) is 11.1 Å². The lowest BCUT2D eigenvalue weighted by atomic mass is 10.1. The number of hydrogen-bond donors (Lipinski definition) is 0. The Balaban J connectivity index is 1.86. The first-order valence-corrected chi connectivity index (χ1v) is 9.24. The van der Waals surface area contributed by atoms with Gasteiger partial charge in [0.15, 0.2) is 0 Å². The molecule has 4 rings (SSSR count). The minimum atomic E-state index is -0.388. The van der Waals surface area contributed by atoms with Gasteiger partial charge in [-0.3, -0.25) is 9.69 Å². The van der Waals surface area contributed by atoms with Crippen molar-refractivity contribution in [3.8, 4) is 5.75 Å². The first-order valence-electron chi connectivity index (χ1n) is 8.87. The van der Waals surface area contributed by atoms with Gasteiger partial charge in [-0.2, -0.15) is 0 Å². The van der Waals surface area contributed by atoms with Crippen LogP contribution in [0.5, 0.6) is 5.75 Å². The summed E-state index contributed by atoms with van der Waals surface area (Å²) in [7, 11) is 1.57. The third-order valence-corrected chi connectivity index (χ3v) is 4.82. The maximum Gasteiger partial charge on any atom is 0.282 e. The third kappa shape index (κ3) is 3.65. The van der Waals surface area contributed by atoms with Crippen LogP contribution < -0.4 is 9.64 Å². The number of carbonyl (C=O) groups excluding carboxylic acids is 1. The van der Waals surface area contributed by atoms with Crippen LogP contribution in [0.3, 0.4) is 0 Å². The van der Waals surface area contributed by atoms with E-state index in [9.17, 15) is 9.18 Å². The number of nitrogens with zero attached hydrogens (tertiary/aromatic N) is 2. The number of halogens is 2. The molecule has 29 heavy (non-hydrogen) atoms. The van der Waals surface area contributed by atoms with Crippen molar-refractivity contribution in [3.05, 3.63) is 100 Å². The summed E-state index contributed by atoms with van der Waals surface area (Å²) in [6.45, 7) is 0. The fourth-order valence-corrected chi connectivity index (χ4v) is 3.32. The Morgan fingerprint density at radius 1 is 1.00 bits per heavy atom. The summed E-state index contributed by atoms with van der Waals surface area (Å²) >= 11 is 6.37. The van der Waals surface area contributed by atoms with Crippen molar-refractivity contribution in [1.82, 2.24) is 0 Å². The van der Waals surface area contributed by atoms with Gasteiger partial charge in [0.1, 0.15) is 23.1 Å². The predicted molar refractivity (Wildman–Crippen MR) is 113 cm³/mol. The van der Waals surface area contributed by atoms with Gasteiger partial charge in [-0.25, -0.2) is 9.38 Å². The third-order valence-electron chi connectivity index (χ3n) is 4.49. The Bertz CT molecular complexity index is 1140. The van der Waals surface area contributed by atoms with Crippen molar-refractivity contribution in [3.63, 3.8) is 0 Å². The van der Waals surface area contributed by atoms with Crippen LogP contribution in [-0.2, 0) is 4.79 Å². The molecule has 1 amide bonds. The number of rotatable bonds is 4. The van der Waals surface area contributed by atoms with E-state index in [0.29, 0.717) is 27.9 Å². The summed E-state index contributed by atoms with van der Waals surface area (Å²) in [5.41, 5.74) is 2.06. The van der Waals surface area contributed by atoms with E-state index in [-0.39, 0.29) is 17.4 Å². The van der Waals surface area contributed by atoms with Crippen LogP contribution in [0.4, 0.5) is 10.1 Å². The average molecular weight is 407 g/mol. The molecule has 4 nitrogen and oxygen atoms in total. The van der Waals surface area contributed by atoms with E-state index in [1.54, 1.807) is 31.4 Å². The van der Waals surface area contributed by atoms with E-state index in [2.05, 4.69) is 4.99 Å². The summed E-state index contributed by atoms with van der Waals surface area (Å²) in [5, 5.41) is 0.463. The number of methoxy groups -OCH3 is 1. The van der Waals surface area contributed by atoms with E-state index in [0.717, 1.165) is 5.56 Å². The fourth-order valence-electron chi connectivity index (χ4n) is 3.10. The summed E-state index contributed by atoms with van der Waals surface area (Å²) < 4.78 is 18.8. The van der Waals surface area contributed by atoms with Crippen molar-refractivity contribution >= 4 is 35.1 Å². The van der Waals surface area contributed by atoms with Crippen LogP contribution in [-0.4, -0.2) is 18.9 Å². The van der Waals surface area contributed by atoms with Gasteiger partial charge in [0, 0.05) is 11.1 Å². The minimum absolute atomic E-state index is 0.230. The van der Waals surface area contributed by atoms with Gasteiger partial charge in [-0.05, 0) is 48.5 Å². The lowest BCUT2D eigenvalue weighted by Crippen LogP contribution is -2.32. The quantitative estimate of drug-likeness (QED) is 0.550. The Hall–Kier alpha value is -3.44. The molecule has 144 valence electrons. The summed E-state index contributed by atoms with van der Waals surface area (Å²) in [5.74, 6) is 0.287. The molecule has 0 aromatic heterocycles. The van der Waals surface area contributed by atoms with E-state index >= 15 is 0 Å². The van der Waals surface area contributed by atoms with E-state index in [1.807, 2.05) is 30.3 Å². The highest BCUT2D eigenvalue weighted by atomic mass is 35.5. The van der Waals surface area contributed by atoms with Gasteiger partial charge >= 0.3 is 0 Å². The van der Waals surface area contributed by atoms with Crippen LogP contribution in [0.2, 0.25) is 5.02 Å². The second kappa shape index (κ2) is 7.89. The van der Waals surface area contributed by atoms with E-state index in [1.165, 1.54) is 29.2 Å². The molecule has 0 saturated carbocycles. The molecular weight excluding hydrogens is 391 g/mol. The van der Waals surface area contributed by atoms with E-state index in [4.69, 9.17) is 16.3 Å². The van der Waals surface area contributed by atoms with Crippen LogP contribution in [0.25, 0.3) is 6.08 Å². The standard InChI is InChI=1S/C23H16ClFN2O2/c1-29-21-9-5-2-6-15(21)14-20-23(28)27(17-12-10-16(25)11-13-17)22(26-20)18-7-3-4-8-19(18)24/h2-14H,1H3/b20-14+. The lowest BCUT2D eigenvalue weighted by Gasteiger charge is -2.19. The molecule has 1 aliphatic heterocycles. The largest absolute Gasteiger partial charge is 0.496 e. The molecule has 6 heteroatoms. The average Bonchev–Trinajstić information content (AvgIpc) is 3.05. The van der Waals surface area contributed by atoms with Crippen LogP contribution >= 0.6 is 11.6 Å². The Labute approximate surface area is 172 Å². The fraction of sp³-hybridized carbons (Fsp3) is 0.0435. The molecule has 0 fully saturated rings. The SMILES string of the molecule is COc1ccccc1/C=C1/N=C(c2ccccc2Cl)N(c2ccc(F)cc2)C1=O. The first kappa shape index (κ1) is 18.9. The molecule has 3 aromatic rings. The molecule has 0 aliphatic carbocycles. The molecule has 0 spiro atoms. The number of amides is 1. The van der Waals surface area contributed by atoms with Crippen molar-refractivity contribution < 1.29 is 13.9 Å². The number of ether oxygens (including phenoxy) is 1. The molecule has 0 radical (unpaired) electrons. The van der Waals surface area contributed by atoms with Gasteiger partial charge in [-0.15, -0.1) is 0 Å². The molecular formula is C23H16ClFN2O2. The van der Waals surface area contributed by atoms with Crippen molar-refractivity contribution in [2.75, 3.05) is 12.0 Å².